The lowest BCUT2D eigenvalue weighted by atomic mass is 9.69. The Kier molecular flexibility index (Phi) is 8.56. The van der Waals surface area contributed by atoms with E-state index in [2.05, 4.69) is 11.4 Å². The van der Waals surface area contributed by atoms with Gasteiger partial charge in [-0.3, -0.25) is 4.79 Å². The molecule has 1 radical (unpaired) electrons. The molecule has 7 heteroatoms. The first-order chi connectivity index (χ1) is 17.9. The van der Waals surface area contributed by atoms with Crippen molar-refractivity contribution in [3.63, 3.8) is 0 Å². The fourth-order valence-electron chi connectivity index (χ4n) is 5.47. The molecule has 4 atom stereocenters. The highest BCUT2D eigenvalue weighted by molar-refractivity contribution is 5.98. The zero-order valence-electron chi connectivity index (χ0n) is 21.5. The Morgan fingerprint density at radius 3 is 2.59 bits per heavy atom. The Morgan fingerprint density at radius 1 is 1.08 bits per heavy atom. The highest BCUT2D eigenvalue weighted by Crippen LogP contribution is 2.44. The molecule has 0 aromatic heterocycles. The number of ketones is 1. The van der Waals surface area contributed by atoms with E-state index in [1.807, 2.05) is 6.07 Å². The molecular weight excluding hydrogens is 476 g/mol. The molecule has 3 aromatic carbocycles. The number of Topliss-reactive ketones (excluding diaryl/α,β-unsaturated/α-hetero) is 1. The quantitative estimate of drug-likeness (QED) is 0.378. The van der Waals surface area contributed by atoms with Crippen molar-refractivity contribution in [1.82, 2.24) is 5.32 Å². The van der Waals surface area contributed by atoms with Crippen LogP contribution in [0, 0.1) is 36.5 Å². The van der Waals surface area contributed by atoms with Gasteiger partial charge in [-0.05, 0) is 48.6 Å². The molecule has 195 valence electrons. The first-order valence-electron chi connectivity index (χ1n) is 12.3. The summed E-state index contributed by atoms with van der Waals surface area (Å²) in [7, 11) is 4.57. The number of methoxy groups -OCH3 is 3. The number of rotatable bonds is 9. The van der Waals surface area contributed by atoms with Crippen LogP contribution >= 0.6 is 0 Å². The van der Waals surface area contributed by atoms with Crippen LogP contribution in [-0.2, 0) is 4.74 Å². The Labute approximate surface area is 216 Å². The number of nitrogens with one attached hydrogen (secondary N) is 1. The van der Waals surface area contributed by atoms with E-state index < -0.39 is 17.8 Å². The van der Waals surface area contributed by atoms with Crippen LogP contribution in [0.4, 0.5) is 8.78 Å². The Hall–Kier alpha value is -3.29. The minimum absolute atomic E-state index is 0.0474. The predicted molar refractivity (Wildman–Crippen MR) is 137 cm³/mol. The number of hydrogen-bond donors (Lipinski definition) is 1. The van der Waals surface area contributed by atoms with Crippen molar-refractivity contribution in [3.05, 3.63) is 94.6 Å². The minimum Gasteiger partial charge on any atom is -0.497 e. The summed E-state index contributed by atoms with van der Waals surface area (Å²) in [4.78, 5) is 13.9. The summed E-state index contributed by atoms with van der Waals surface area (Å²) in [5, 5.41) is 3.37. The molecule has 0 saturated carbocycles. The van der Waals surface area contributed by atoms with E-state index in [0.29, 0.717) is 42.0 Å². The lowest BCUT2D eigenvalue weighted by molar-refractivity contribution is 0.0490. The van der Waals surface area contributed by atoms with Crippen molar-refractivity contribution in [1.29, 1.82) is 0 Å². The molecule has 1 N–H and O–H groups in total. The van der Waals surface area contributed by atoms with Crippen LogP contribution in [0.1, 0.15) is 45.5 Å². The third kappa shape index (κ3) is 5.53. The maximum Gasteiger partial charge on any atom is 0.173 e. The molecule has 1 unspecified atom stereocenters. The van der Waals surface area contributed by atoms with Gasteiger partial charge in [-0.15, -0.1) is 0 Å². The molecule has 0 amide bonds. The van der Waals surface area contributed by atoms with Crippen LogP contribution < -0.4 is 14.8 Å². The number of hydrogen-bond acceptors (Lipinski definition) is 5. The average Bonchev–Trinajstić information content (AvgIpc) is 2.92. The SMILES string of the molecule is COc1cccc(C(=O)[C@H]2CNC[C@H](c3cc[c]c(F)c3OC)[C@@H]2CC(OC)c2cccc(F)c2C)c1. The number of piperidine rings is 1. The molecule has 0 bridgehead atoms. The molecule has 5 nitrogen and oxygen atoms in total. The Bertz CT molecular complexity index is 1250. The van der Waals surface area contributed by atoms with E-state index in [4.69, 9.17) is 14.2 Å². The lowest BCUT2D eigenvalue weighted by Gasteiger charge is -2.40. The summed E-state index contributed by atoms with van der Waals surface area (Å²) >= 11 is 0. The second kappa shape index (κ2) is 11.8. The number of benzene rings is 3. The second-order valence-electron chi connectivity index (χ2n) is 9.33. The summed E-state index contributed by atoms with van der Waals surface area (Å²) in [6, 6.07) is 17.9. The summed E-state index contributed by atoms with van der Waals surface area (Å²) in [5.41, 5.74) is 2.43. The molecule has 1 saturated heterocycles. The monoisotopic (exact) mass is 508 g/mol. The highest BCUT2D eigenvalue weighted by Gasteiger charge is 2.41. The van der Waals surface area contributed by atoms with Gasteiger partial charge >= 0.3 is 0 Å². The fraction of sp³-hybridized carbons (Fsp3) is 0.367. The summed E-state index contributed by atoms with van der Waals surface area (Å²) in [5.74, 6) is -1.21. The van der Waals surface area contributed by atoms with Crippen LogP contribution in [0.25, 0.3) is 0 Å². The third-order valence-corrected chi connectivity index (χ3v) is 7.42. The van der Waals surface area contributed by atoms with Crippen LogP contribution in [0.15, 0.2) is 54.6 Å². The van der Waals surface area contributed by atoms with Crippen LogP contribution in [0.5, 0.6) is 11.5 Å². The molecule has 1 aliphatic heterocycles. The van der Waals surface area contributed by atoms with Crippen LogP contribution in [0.2, 0.25) is 0 Å². The number of halogens is 2. The van der Waals surface area contributed by atoms with Gasteiger partial charge < -0.3 is 19.5 Å². The number of ether oxygens (including phenoxy) is 3. The fourth-order valence-corrected chi connectivity index (χ4v) is 5.47. The van der Waals surface area contributed by atoms with Gasteiger partial charge in [-0.2, -0.15) is 0 Å². The van der Waals surface area contributed by atoms with E-state index in [0.717, 1.165) is 5.56 Å². The predicted octanol–water partition coefficient (Wildman–Crippen LogP) is 5.67. The molecule has 1 fully saturated rings. The molecule has 1 aliphatic rings. The molecule has 1 heterocycles. The van der Waals surface area contributed by atoms with Gasteiger partial charge in [0.15, 0.2) is 17.3 Å². The topological polar surface area (TPSA) is 56.8 Å². The molecule has 0 spiro atoms. The first kappa shape index (κ1) is 26.8. The van der Waals surface area contributed by atoms with Gasteiger partial charge in [-0.25, -0.2) is 8.78 Å². The van der Waals surface area contributed by atoms with E-state index >= 15 is 0 Å². The van der Waals surface area contributed by atoms with E-state index in [1.165, 1.54) is 19.2 Å². The van der Waals surface area contributed by atoms with Crippen molar-refractivity contribution >= 4 is 5.78 Å². The molecule has 0 aliphatic carbocycles. The molecule has 3 aromatic rings. The van der Waals surface area contributed by atoms with Gasteiger partial charge in [0.05, 0.1) is 20.3 Å². The normalized spacial score (nSPS) is 20.3. The first-order valence-corrected chi connectivity index (χ1v) is 12.3. The van der Waals surface area contributed by atoms with E-state index in [9.17, 15) is 13.6 Å². The largest absolute Gasteiger partial charge is 0.497 e. The van der Waals surface area contributed by atoms with E-state index in [1.54, 1.807) is 57.5 Å². The maximum atomic E-state index is 14.7. The lowest BCUT2D eigenvalue weighted by Crippen LogP contribution is -2.46. The second-order valence-corrected chi connectivity index (χ2v) is 9.33. The summed E-state index contributed by atoms with van der Waals surface area (Å²) in [6.45, 7) is 2.69. The van der Waals surface area contributed by atoms with Gasteiger partial charge in [-0.1, -0.05) is 36.4 Å². The van der Waals surface area contributed by atoms with Gasteiger partial charge in [0.1, 0.15) is 11.6 Å². The van der Waals surface area contributed by atoms with Crippen molar-refractivity contribution in [2.24, 2.45) is 11.8 Å². The van der Waals surface area contributed by atoms with Crippen molar-refractivity contribution in [3.8, 4) is 11.5 Å². The number of carbonyl (C=O) groups is 1. The van der Waals surface area contributed by atoms with Gasteiger partial charge in [0, 0.05) is 49.2 Å². The van der Waals surface area contributed by atoms with Crippen LogP contribution in [-0.4, -0.2) is 40.2 Å². The number of carbonyl (C=O) groups excluding carboxylic acids is 1. The van der Waals surface area contributed by atoms with E-state index in [-0.39, 0.29) is 29.2 Å². The molecule has 4 rings (SSSR count). The Morgan fingerprint density at radius 2 is 1.86 bits per heavy atom. The van der Waals surface area contributed by atoms with Gasteiger partial charge in [0.25, 0.3) is 0 Å². The van der Waals surface area contributed by atoms with Crippen molar-refractivity contribution in [2.45, 2.75) is 25.4 Å². The van der Waals surface area contributed by atoms with Crippen molar-refractivity contribution < 1.29 is 27.8 Å². The zero-order chi connectivity index (χ0) is 26.5. The third-order valence-electron chi connectivity index (χ3n) is 7.42. The highest BCUT2D eigenvalue weighted by atomic mass is 19.1. The smallest absolute Gasteiger partial charge is 0.173 e. The standard InChI is InChI=1S/C30H32F2NO4/c1-18-21(10-6-12-26(18)31)28(36-3)15-23-24(22-11-7-13-27(32)30(22)37-4)16-33-17-25(23)29(34)19-8-5-9-20(14-19)35-2/h5-12,14,23-25,28,33H,15-17H2,1-4H3/t23-,24+,25-,28?/m0/s1. The molecular formula is C30H32F2NO4. The van der Waals surface area contributed by atoms with Crippen LogP contribution in [0.3, 0.4) is 0 Å². The van der Waals surface area contributed by atoms with Gasteiger partial charge in [0.2, 0.25) is 0 Å². The Balaban J connectivity index is 1.79. The summed E-state index contributed by atoms with van der Waals surface area (Å²) < 4.78 is 45.8. The van der Waals surface area contributed by atoms with Crippen molar-refractivity contribution in [2.75, 3.05) is 34.4 Å². The average molecular weight is 509 g/mol. The minimum atomic E-state index is -0.579. The zero-order valence-corrected chi connectivity index (χ0v) is 21.5. The summed E-state index contributed by atoms with van der Waals surface area (Å²) in [6.07, 6.45) is -0.0373. The maximum absolute atomic E-state index is 14.7. The molecule has 37 heavy (non-hydrogen) atoms.